The number of hydrogen-bond donors (Lipinski definition) is 1. The molecule has 0 fully saturated rings. The Kier molecular flexibility index (Phi) is 5.03. The van der Waals surface area contributed by atoms with Crippen molar-refractivity contribution < 1.29 is 29.8 Å². The summed E-state index contributed by atoms with van der Waals surface area (Å²) in [6.45, 7) is 1.78. The van der Waals surface area contributed by atoms with Crippen molar-refractivity contribution in [2.45, 2.75) is 24.3 Å². The first-order chi connectivity index (χ1) is 14.5. The summed E-state index contributed by atoms with van der Waals surface area (Å²) in [6, 6.07) is 9.10. The largest absolute Gasteiger partial charge is 0.380 e. The number of sulfonamides is 1. The van der Waals surface area contributed by atoms with Crippen LogP contribution in [0.5, 0.6) is 5.75 Å². The van der Waals surface area contributed by atoms with E-state index in [1.54, 1.807) is 29.8 Å². The van der Waals surface area contributed by atoms with Gasteiger partial charge in [0.15, 0.2) is 11.6 Å². The summed E-state index contributed by atoms with van der Waals surface area (Å²) in [5, 5.41) is 4.81. The second kappa shape index (κ2) is 7.32. The zero-order valence-corrected chi connectivity index (χ0v) is 17.7. The fraction of sp³-hybridized carbons (Fsp3) is 0.158. The number of rotatable bonds is 5. The van der Waals surface area contributed by atoms with Gasteiger partial charge in [-0.3, -0.25) is 4.31 Å². The minimum absolute atomic E-state index is 0.0145. The Morgan fingerprint density at radius 2 is 1.61 bits per heavy atom. The molecular formula is C19H17F2N3O5S2. The van der Waals surface area contributed by atoms with E-state index in [-0.39, 0.29) is 22.0 Å². The van der Waals surface area contributed by atoms with Crippen molar-refractivity contribution >= 4 is 26.0 Å². The third-order valence-electron chi connectivity index (χ3n) is 4.90. The number of benzene rings is 2. The molecule has 0 bridgehead atoms. The van der Waals surface area contributed by atoms with Crippen LogP contribution in [0.25, 0.3) is 5.69 Å². The number of anilines is 1. The lowest BCUT2D eigenvalue weighted by Crippen LogP contribution is -2.39. The van der Waals surface area contributed by atoms with Gasteiger partial charge in [-0.2, -0.15) is 13.6 Å². The van der Waals surface area contributed by atoms with Crippen molar-refractivity contribution in [2.24, 2.45) is 5.14 Å². The van der Waals surface area contributed by atoms with Gasteiger partial charge in [0.25, 0.3) is 10.0 Å². The molecule has 1 unspecified atom stereocenters. The predicted molar refractivity (Wildman–Crippen MR) is 109 cm³/mol. The van der Waals surface area contributed by atoms with Gasteiger partial charge in [0, 0.05) is 24.0 Å². The zero-order valence-electron chi connectivity index (χ0n) is 16.1. The van der Waals surface area contributed by atoms with Crippen LogP contribution in [0.15, 0.2) is 59.6 Å². The van der Waals surface area contributed by atoms with Crippen LogP contribution in [0.2, 0.25) is 0 Å². The van der Waals surface area contributed by atoms with Gasteiger partial charge in [0.1, 0.15) is 5.75 Å². The van der Waals surface area contributed by atoms with Gasteiger partial charge in [-0.1, -0.05) is 6.92 Å². The predicted octanol–water partition coefficient (Wildman–Crippen LogP) is 3.00. The molecule has 2 aromatic carbocycles. The summed E-state index contributed by atoms with van der Waals surface area (Å²) in [6.07, 6.45) is 2.01. The number of fused-ring (bicyclic) bond motifs is 3. The second-order valence-electron chi connectivity index (χ2n) is 6.83. The molecule has 31 heavy (non-hydrogen) atoms. The maximum Gasteiger partial charge on any atom is 0.380 e. The Balaban J connectivity index is 1.87. The molecule has 4 rings (SSSR count). The van der Waals surface area contributed by atoms with Gasteiger partial charge in [-0.15, -0.1) is 0 Å². The van der Waals surface area contributed by atoms with Crippen LogP contribution < -0.4 is 13.6 Å². The molecule has 164 valence electrons. The monoisotopic (exact) mass is 469 g/mol. The first-order valence-electron chi connectivity index (χ1n) is 9.06. The van der Waals surface area contributed by atoms with Gasteiger partial charge in [-0.25, -0.2) is 17.2 Å². The van der Waals surface area contributed by atoms with Gasteiger partial charge in [0.2, 0.25) is 0 Å². The SMILES string of the molecule is CCC1c2cccn2-c2cc(F)c(F)cc2N1S(=O)(=O)c1ccc(OS(N)(=O)=O)cc1. The summed E-state index contributed by atoms with van der Waals surface area (Å²) in [5.74, 6) is -2.45. The molecule has 0 amide bonds. The number of halogens is 2. The first kappa shape index (κ1) is 21.3. The summed E-state index contributed by atoms with van der Waals surface area (Å²) < 4.78 is 84.6. The van der Waals surface area contributed by atoms with Crippen LogP contribution in [0.1, 0.15) is 25.1 Å². The minimum Gasteiger partial charge on any atom is -0.371 e. The van der Waals surface area contributed by atoms with Crippen LogP contribution in [-0.4, -0.2) is 21.4 Å². The number of nitrogens with zero attached hydrogens (tertiary/aromatic N) is 2. The molecule has 0 spiro atoms. The normalized spacial score (nSPS) is 16.0. The molecule has 0 saturated carbocycles. The Hall–Kier alpha value is -2.96. The van der Waals surface area contributed by atoms with Crippen molar-refractivity contribution in [1.82, 2.24) is 4.57 Å². The van der Waals surface area contributed by atoms with Gasteiger partial charge in [-0.05, 0) is 42.8 Å². The highest BCUT2D eigenvalue weighted by atomic mass is 32.2. The fourth-order valence-electron chi connectivity index (χ4n) is 3.66. The van der Waals surface area contributed by atoms with Crippen molar-refractivity contribution in [3.63, 3.8) is 0 Å². The Bertz CT molecular complexity index is 1370. The van der Waals surface area contributed by atoms with Crippen LogP contribution in [0.4, 0.5) is 14.5 Å². The summed E-state index contributed by atoms with van der Waals surface area (Å²) in [5.41, 5.74) is 0.763. The molecule has 1 aliphatic rings. The van der Waals surface area contributed by atoms with Crippen molar-refractivity contribution in [1.29, 1.82) is 0 Å². The van der Waals surface area contributed by atoms with E-state index in [2.05, 4.69) is 4.18 Å². The maximum atomic E-state index is 14.1. The standard InChI is InChI=1S/C19H17F2N3O5S2/c1-2-16-17-4-3-9-23(17)18-10-14(20)15(21)11-19(18)24(16)30(25,26)13-7-5-12(6-8-13)29-31(22,27)28/h3-11,16H,2H2,1H3,(H2,22,27,28). The first-order valence-corrected chi connectivity index (χ1v) is 12.0. The van der Waals surface area contributed by atoms with Gasteiger partial charge >= 0.3 is 10.3 Å². The average Bonchev–Trinajstić information content (AvgIpc) is 3.17. The van der Waals surface area contributed by atoms with Crippen LogP contribution >= 0.6 is 0 Å². The molecule has 2 N–H and O–H groups in total. The molecule has 3 aromatic rings. The molecule has 0 aliphatic carbocycles. The minimum atomic E-state index is -4.27. The topological polar surface area (TPSA) is 112 Å². The number of nitrogens with two attached hydrogens (primary N) is 1. The van der Waals surface area contributed by atoms with Gasteiger partial charge < -0.3 is 8.75 Å². The summed E-state index contributed by atoms with van der Waals surface area (Å²) in [4.78, 5) is -0.191. The maximum absolute atomic E-state index is 14.1. The van der Waals surface area contributed by atoms with Crippen LogP contribution in [0.3, 0.4) is 0 Å². The molecular weight excluding hydrogens is 452 g/mol. The molecule has 12 heteroatoms. The highest BCUT2D eigenvalue weighted by Crippen LogP contribution is 2.44. The molecule has 1 aliphatic heterocycles. The molecule has 8 nitrogen and oxygen atoms in total. The number of hydrogen-bond acceptors (Lipinski definition) is 5. The molecule has 1 aromatic heterocycles. The lowest BCUT2D eigenvalue weighted by Gasteiger charge is -2.38. The zero-order chi connectivity index (χ0) is 22.6. The number of aromatic nitrogens is 1. The molecule has 2 heterocycles. The summed E-state index contributed by atoms with van der Waals surface area (Å²) >= 11 is 0. The van der Waals surface area contributed by atoms with Gasteiger partial charge in [0.05, 0.1) is 22.3 Å². The highest BCUT2D eigenvalue weighted by molar-refractivity contribution is 7.92. The highest BCUT2D eigenvalue weighted by Gasteiger charge is 2.39. The third kappa shape index (κ3) is 3.66. The Morgan fingerprint density at radius 3 is 2.19 bits per heavy atom. The van der Waals surface area contributed by atoms with E-state index in [4.69, 9.17) is 5.14 Å². The van der Waals surface area contributed by atoms with Crippen LogP contribution in [-0.2, 0) is 20.3 Å². The van der Waals surface area contributed by atoms with E-state index in [0.29, 0.717) is 12.1 Å². The average molecular weight is 469 g/mol. The third-order valence-corrected chi connectivity index (χ3v) is 7.16. The van der Waals surface area contributed by atoms with E-state index in [9.17, 15) is 25.6 Å². The quantitative estimate of drug-likeness (QED) is 0.618. The van der Waals surface area contributed by atoms with Crippen molar-refractivity contribution in [2.75, 3.05) is 4.31 Å². The van der Waals surface area contributed by atoms with Crippen molar-refractivity contribution in [3.8, 4) is 11.4 Å². The lowest BCUT2D eigenvalue weighted by molar-refractivity contribution is 0.487. The van der Waals surface area contributed by atoms with E-state index in [1.807, 2.05) is 0 Å². The van der Waals surface area contributed by atoms with E-state index < -0.39 is 38.0 Å². The smallest absolute Gasteiger partial charge is 0.371 e. The van der Waals surface area contributed by atoms with Crippen LogP contribution in [0, 0.1) is 11.6 Å². The lowest BCUT2D eigenvalue weighted by atomic mass is 10.1. The molecule has 0 radical (unpaired) electrons. The summed E-state index contributed by atoms with van der Waals surface area (Å²) in [7, 11) is -8.53. The van der Waals surface area contributed by atoms with E-state index in [0.717, 1.165) is 40.7 Å². The Morgan fingerprint density at radius 1 is 1.00 bits per heavy atom. The molecule has 1 atom stereocenters. The fourth-order valence-corrected chi connectivity index (χ4v) is 5.74. The van der Waals surface area contributed by atoms with Crippen molar-refractivity contribution in [3.05, 3.63) is 72.1 Å². The van der Waals surface area contributed by atoms with E-state index in [1.165, 1.54) is 0 Å². The Labute approximate surface area is 177 Å². The van der Waals surface area contributed by atoms with E-state index >= 15 is 0 Å². The second-order valence-corrected chi connectivity index (χ2v) is 9.80. The molecule has 0 saturated heterocycles.